The van der Waals surface area contributed by atoms with Crippen molar-refractivity contribution in [2.45, 2.75) is 104 Å². The molecule has 294 valence electrons. The Kier molecular flexibility index (Phi) is 14.0. The number of hydrogen-bond donors (Lipinski definition) is 2. The van der Waals surface area contributed by atoms with E-state index in [0.717, 1.165) is 78.2 Å². The van der Waals surface area contributed by atoms with Crippen molar-refractivity contribution in [2.75, 3.05) is 26.1 Å². The maximum Gasteiger partial charge on any atom is 0.230 e. The lowest BCUT2D eigenvalue weighted by molar-refractivity contribution is -0.223. The van der Waals surface area contributed by atoms with Crippen molar-refractivity contribution in [3.8, 4) is 17.2 Å². The second-order valence-corrected chi connectivity index (χ2v) is 17.7. The highest BCUT2D eigenvalue weighted by atomic mass is 32.2. The fraction of sp³-hybridized carbons (Fsp3) is 0.500. The summed E-state index contributed by atoms with van der Waals surface area (Å²) in [6.07, 6.45) is 17.2. The summed E-state index contributed by atoms with van der Waals surface area (Å²) in [7, 11) is 0. The van der Waals surface area contributed by atoms with E-state index in [1.807, 2.05) is 54.2 Å². The summed E-state index contributed by atoms with van der Waals surface area (Å²) in [5.74, 6) is 1.79. The largest absolute Gasteiger partial charge is 0.460 e. The van der Waals surface area contributed by atoms with Gasteiger partial charge in [0.25, 0.3) is 0 Å². The number of fused-ring (bicyclic) bond motifs is 2. The monoisotopic (exact) mass is 783 g/mol. The summed E-state index contributed by atoms with van der Waals surface area (Å²) < 4.78 is 21.0. The third-order valence-corrected chi connectivity index (χ3v) is 14.2. The summed E-state index contributed by atoms with van der Waals surface area (Å²) in [5.41, 5.74) is 4.34. The van der Waals surface area contributed by atoms with Gasteiger partial charge in [-0.1, -0.05) is 73.3 Å². The molecule has 0 spiro atoms. The van der Waals surface area contributed by atoms with E-state index in [9.17, 15) is 10.2 Å². The fourth-order valence-corrected chi connectivity index (χ4v) is 11.5. The number of allylic oxidation sites excluding steroid dienone is 1. The number of ether oxygens (including phenoxy) is 3. The third-order valence-electron chi connectivity index (χ3n) is 11.8. The Morgan fingerprint density at radius 2 is 1.67 bits per heavy atom. The van der Waals surface area contributed by atoms with E-state index in [1.165, 1.54) is 30.6 Å². The molecule has 7 rings (SSSR count). The topological polar surface area (TPSA) is 89.7 Å². The Bertz CT molecular complexity index is 1760. The van der Waals surface area contributed by atoms with Crippen molar-refractivity contribution in [3.63, 3.8) is 0 Å². The van der Waals surface area contributed by atoms with Gasteiger partial charge in [-0.3, -0.25) is 0 Å². The molecule has 0 aromatic heterocycles. The number of thioether (sulfide) groups is 2. The lowest BCUT2D eigenvalue weighted by atomic mass is 9.56. The molecule has 1 aliphatic heterocycles. The zero-order valence-electron chi connectivity index (χ0n) is 32.2. The highest BCUT2D eigenvalue weighted by Gasteiger charge is 2.64. The summed E-state index contributed by atoms with van der Waals surface area (Å²) in [6.45, 7) is 5.20. The normalized spacial score (nSPS) is 26.5. The van der Waals surface area contributed by atoms with Crippen LogP contribution < -0.4 is 9.47 Å². The van der Waals surface area contributed by atoms with Gasteiger partial charge in [0.2, 0.25) is 5.79 Å². The van der Waals surface area contributed by atoms with Crippen molar-refractivity contribution in [2.24, 2.45) is 22.9 Å². The molecule has 55 heavy (non-hydrogen) atoms. The SMILES string of the molecule is C=CCO[C@@]12Oc3ccc(Oc4ccc(SC)cc4)cc3[C@H]3[C@H](CCCCO)[C@@H](CCCCO)C=C(C(=NOCc4ccccc4)C[C@@H]1SC1CCCC1)[C@H]32. The molecular formula is C46H57NO6S2. The minimum atomic E-state index is -0.954. The number of unbranched alkanes of at least 4 members (excludes halogenated alkanes) is 2. The van der Waals surface area contributed by atoms with E-state index in [4.69, 9.17) is 24.2 Å². The van der Waals surface area contributed by atoms with E-state index in [-0.39, 0.29) is 42.1 Å². The van der Waals surface area contributed by atoms with Crippen LogP contribution in [0.2, 0.25) is 0 Å². The van der Waals surface area contributed by atoms with Gasteiger partial charge < -0.3 is 29.3 Å². The molecule has 3 aromatic carbocycles. The highest BCUT2D eigenvalue weighted by Crippen LogP contribution is 2.63. The molecule has 0 unspecified atom stereocenters. The average Bonchev–Trinajstić information content (AvgIpc) is 3.73. The van der Waals surface area contributed by atoms with Crippen molar-refractivity contribution in [1.29, 1.82) is 0 Å². The average molecular weight is 784 g/mol. The molecule has 2 fully saturated rings. The van der Waals surface area contributed by atoms with E-state index in [2.05, 4.69) is 55.3 Å². The standard InChI is InChI=1S/C46H57NO6S2/c1-3-27-50-46-43(55-37-16-7-8-17-37)30-41(47-51-31-32-13-5-4-6-14-32)39-28-33(15-9-11-25-48)38(18-10-12-26-49)44(45(39)46)40-29-35(21-24-42(40)53-46)52-34-19-22-36(54-2)23-20-34/h3-6,13-14,19-24,28-29,33,37-38,43-45,48-49H,1,7-12,15-18,25-27,30-31H2,2H3/t33-,38+,43-,44+,45+,46+/m0/s1. The molecule has 0 saturated heterocycles. The predicted octanol–water partition coefficient (Wildman–Crippen LogP) is 10.7. The van der Waals surface area contributed by atoms with E-state index in [1.54, 1.807) is 11.8 Å². The molecule has 7 nitrogen and oxygen atoms in total. The molecular weight excluding hydrogens is 727 g/mol. The summed E-state index contributed by atoms with van der Waals surface area (Å²) in [5, 5.41) is 25.3. The van der Waals surface area contributed by atoms with Crippen LogP contribution in [0.5, 0.6) is 17.2 Å². The molecule has 2 saturated carbocycles. The van der Waals surface area contributed by atoms with Gasteiger partial charge in [-0.2, -0.15) is 0 Å². The first-order valence-electron chi connectivity index (χ1n) is 20.3. The first-order chi connectivity index (χ1) is 27.1. The number of rotatable bonds is 19. The summed E-state index contributed by atoms with van der Waals surface area (Å²) >= 11 is 3.73. The number of aliphatic hydroxyl groups is 2. The van der Waals surface area contributed by atoms with Gasteiger partial charge in [0.15, 0.2) is 0 Å². The fourth-order valence-electron chi connectivity index (χ4n) is 9.30. The van der Waals surface area contributed by atoms with Gasteiger partial charge in [0.05, 0.1) is 23.5 Å². The van der Waals surface area contributed by atoms with Gasteiger partial charge in [-0.25, -0.2) is 0 Å². The molecule has 0 amide bonds. The first-order valence-corrected chi connectivity index (χ1v) is 22.4. The summed E-state index contributed by atoms with van der Waals surface area (Å²) in [6, 6.07) is 24.7. The van der Waals surface area contributed by atoms with Gasteiger partial charge in [-0.05, 0) is 110 Å². The molecule has 6 atom stereocenters. The number of aliphatic hydroxyl groups excluding tert-OH is 2. The maximum atomic E-state index is 9.93. The number of oxime groups is 1. The highest BCUT2D eigenvalue weighted by molar-refractivity contribution is 8.00. The lowest BCUT2D eigenvalue weighted by Gasteiger charge is -2.58. The van der Waals surface area contributed by atoms with Crippen LogP contribution in [0, 0.1) is 17.8 Å². The van der Waals surface area contributed by atoms with E-state index < -0.39 is 5.79 Å². The van der Waals surface area contributed by atoms with Crippen molar-refractivity contribution >= 4 is 29.2 Å². The third kappa shape index (κ3) is 9.18. The van der Waals surface area contributed by atoms with Crippen LogP contribution in [0.3, 0.4) is 0 Å². The van der Waals surface area contributed by atoms with Crippen LogP contribution in [0.25, 0.3) is 0 Å². The zero-order valence-corrected chi connectivity index (χ0v) is 33.8. The van der Waals surface area contributed by atoms with Gasteiger partial charge in [0.1, 0.15) is 23.9 Å². The molecule has 9 heteroatoms. The molecule has 0 radical (unpaired) electrons. The van der Waals surface area contributed by atoms with Crippen LogP contribution >= 0.6 is 23.5 Å². The minimum absolute atomic E-state index is 0.0256. The van der Waals surface area contributed by atoms with Crippen molar-refractivity contribution in [1.82, 2.24) is 0 Å². The molecule has 2 N–H and O–H groups in total. The molecule has 3 aromatic rings. The molecule has 3 aliphatic carbocycles. The Morgan fingerprint density at radius 1 is 0.927 bits per heavy atom. The second kappa shape index (κ2) is 19.3. The summed E-state index contributed by atoms with van der Waals surface area (Å²) in [4.78, 5) is 7.42. The van der Waals surface area contributed by atoms with Crippen molar-refractivity contribution in [3.05, 3.63) is 108 Å². The second-order valence-electron chi connectivity index (χ2n) is 15.3. The Balaban J connectivity index is 1.37. The number of hydrogen-bond acceptors (Lipinski definition) is 9. The Morgan fingerprint density at radius 3 is 2.40 bits per heavy atom. The van der Waals surface area contributed by atoms with E-state index in [0.29, 0.717) is 24.9 Å². The Labute approximate surface area is 335 Å². The minimum Gasteiger partial charge on any atom is -0.460 e. The van der Waals surface area contributed by atoms with E-state index >= 15 is 0 Å². The maximum absolute atomic E-state index is 9.93. The molecule has 1 heterocycles. The number of nitrogens with zero attached hydrogens (tertiary/aromatic N) is 1. The Hall–Kier alpha value is -3.21. The quantitative estimate of drug-likeness (QED) is 0.0538. The van der Waals surface area contributed by atoms with Crippen LogP contribution in [0.1, 0.15) is 87.7 Å². The van der Waals surface area contributed by atoms with Crippen molar-refractivity contribution < 1.29 is 29.3 Å². The van der Waals surface area contributed by atoms with Crippen LogP contribution in [0.15, 0.2) is 107 Å². The van der Waals surface area contributed by atoms with Gasteiger partial charge in [-0.15, -0.1) is 30.1 Å². The van der Waals surface area contributed by atoms with Crippen LogP contribution in [-0.4, -0.2) is 58.3 Å². The molecule has 4 aliphatic rings. The van der Waals surface area contributed by atoms with Crippen LogP contribution in [0.4, 0.5) is 0 Å². The van der Waals surface area contributed by atoms with Gasteiger partial charge >= 0.3 is 0 Å². The lowest BCUT2D eigenvalue weighted by Crippen LogP contribution is -2.64. The zero-order chi connectivity index (χ0) is 38.0. The smallest absolute Gasteiger partial charge is 0.230 e. The number of benzene rings is 3. The first kappa shape index (κ1) is 40.0. The van der Waals surface area contributed by atoms with Gasteiger partial charge in [0, 0.05) is 41.3 Å². The van der Waals surface area contributed by atoms with Crippen LogP contribution in [-0.2, 0) is 16.2 Å². The molecule has 0 bridgehead atoms. The predicted molar refractivity (Wildman–Crippen MR) is 224 cm³/mol.